The van der Waals surface area contributed by atoms with Crippen LogP contribution in [0.1, 0.15) is 0 Å². The Bertz CT molecular complexity index is 173. The van der Waals surface area contributed by atoms with Gasteiger partial charge in [-0.1, -0.05) is 23.5 Å². The van der Waals surface area contributed by atoms with E-state index in [9.17, 15) is 4.79 Å². The average Bonchev–Trinajstić information content (AvgIpc) is 2.46. The molecule has 0 fully saturated rings. The van der Waals surface area contributed by atoms with Crippen LogP contribution in [0.5, 0.6) is 0 Å². The van der Waals surface area contributed by atoms with Gasteiger partial charge in [-0.25, -0.2) is 0 Å². The van der Waals surface area contributed by atoms with Gasteiger partial charge in [0.25, 0.3) is 0 Å². The van der Waals surface area contributed by atoms with Gasteiger partial charge in [-0.3, -0.25) is 0 Å². The van der Waals surface area contributed by atoms with E-state index in [-0.39, 0.29) is 4.58 Å². The number of hydrogen-bond donors (Lipinski definition) is 0. The number of aldehydes is 1. The van der Waals surface area contributed by atoms with Crippen LogP contribution in [0, 0.1) is 0 Å². The molecule has 1 rings (SSSR count). The first-order valence-electron chi connectivity index (χ1n) is 2.92. The lowest BCUT2D eigenvalue weighted by molar-refractivity contribution is -0.106. The zero-order valence-corrected chi connectivity index (χ0v) is 9.46. The van der Waals surface area contributed by atoms with Gasteiger partial charge in [0.1, 0.15) is 10.9 Å². The predicted molar refractivity (Wildman–Crippen MR) is 59.1 cm³/mol. The molecule has 5 heteroatoms. The van der Waals surface area contributed by atoms with E-state index in [1.165, 1.54) is 8.47 Å². The van der Waals surface area contributed by atoms with Crippen molar-refractivity contribution in [2.75, 3.05) is 12.5 Å². The number of rotatable bonds is 3. The van der Waals surface area contributed by atoms with Crippen LogP contribution in [-0.4, -0.2) is 23.4 Å². The number of carbonyl (C=O) groups is 1. The Balaban J connectivity index is 2.63. The fourth-order valence-corrected chi connectivity index (χ4v) is 5.81. The molecule has 11 heavy (non-hydrogen) atoms. The standard InChI is InChI=1S/C6H8OS4/c1-8-5-6(9-2)11-4(3-7)10-5/h3-4H,1-2H3. The van der Waals surface area contributed by atoms with Crippen LogP contribution in [-0.2, 0) is 4.79 Å². The van der Waals surface area contributed by atoms with E-state index < -0.39 is 0 Å². The number of hydrogen-bond acceptors (Lipinski definition) is 5. The zero-order valence-electron chi connectivity index (χ0n) is 6.20. The molecule has 0 saturated carbocycles. The Morgan fingerprint density at radius 1 is 1.27 bits per heavy atom. The summed E-state index contributed by atoms with van der Waals surface area (Å²) in [7, 11) is 0. The summed E-state index contributed by atoms with van der Waals surface area (Å²) in [6.07, 6.45) is 5.10. The molecule has 0 aromatic rings. The van der Waals surface area contributed by atoms with Crippen molar-refractivity contribution in [1.29, 1.82) is 0 Å². The molecule has 0 bridgehead atoms. The third-order valence-electron chi connectivity index (χ3n) is 1.09. The van der Waals surface area contributed by atoms with E-state index in [0.717, 1.165) is 6.29 Å². The zero-order chi connectivity index (χ0) is 8.27. The van der Waals surface area contributed by atoms with Gasteiger partial charge in [-0.2, -0.15) is 0 Å². The molecule has 0 amide bonds. The van der Waals surface area contributed by atoms with Crippen molar-refractivity contribution in [3.8, 4) is 0 Å². The second-order valence-electron chi connectivity index (χ2n) is 1.72. The van der Waals surface area contributed by atoms with Gasteiger partial charge in [0.2, 0.25) is 0 Å². The highest BCUT2D eigenvalue weighted by Crippen LogP contribution is 2.52. The van der Waals surface area contributed by atoms with Crippen LogP contribution < -0.4 is 0 Å². The molecule has 0 aromatic carbocycles. The molecule has 62 valence electrons. The van der Waals surface area contributed by atoms with E-state index in [4.69, 9.17) is 0 Å². The van der Waals surface area contributed by atoms with E-state index in [2.05, 4.69) is 0 Å². The highest BCUT2D eigenvalue weighted by molar-refractivity contribution is 8.37. The Morgan fingerprint density at radius 3 is 2.00 bits per heavy atom. The molecule has 0 spiro atoms. The molecule has 0 radical (unpaired) electrons. The van der Waals surface area contributed by atoms with Gasteiger partial charge < -0.3 is 4.79 Å². The Labute approximate surface area is 83.5 Å². The van der Waals surface area contributed by atoms with E-state index in [1.54, 1.807) is 47.0 Å². The maximum atomic E-state index is 10.4. The third kappa shape index (κ3) is 2.37. The first kappa shape index (κ1) is 9.89. The smallest absolute Gasteiger partial charge is 0.143 e. The van der Waals surface area contributed by atoms with Crippen LogP contribution in [0.4, 0.5) is 0 Å². The molecule has 1 aliphatic heterocycles. The van der Waals surface area contributed by atoms with E-state index in [1.807, 2.05) is 12.5 Å². The van der Waals surface area contributed by atoms with Crippen molar-refractivity contribution in [3.63, 3.8) is 0 Å². The van der Waals surface area contributed by atoms with E-state index >= 15 is 0 Å². The normalized spacial score (nSPS) is 19.5. The highest BCUT2D eigenvalue weighted by atomic mass is 32.3. The minimum atomic E-state index is 0.0971. The predicted octanol–water partition coefficient (Wildman–Crippen LogP) is 2.84. The highest BCUT2D eigenvalue weighted by Gasteiger charge is 2.24. The molecule has 0 aromatic heterocycles. The molecule has 0 saturated heterocycles. The summed E-state index contributed by atoms with van der Waals surface area (Å²) in [5, 5.41) is 0. The summed E-state index contributed by atoms with van der Waals surface area (Å²) in [5.74, 6) is 0. The van der Waals surface area contributed by atoms with Crippen molar-refractivity contribution in [2.24, 2.45) is 0 Å². The van der Waals surface area contributed by atoms with Gasteiger partial charge in [-0.05, 0) is 12.5 Å². The summed E-state index contributed by atoms with van der Waals surface area (Å²) < 4.78 is 2.68. The van der Waals surface area contributed by atoms with Crippen LogP contribution in [0.25, 0.3) is 0 Å². The fraction of sp³-hybridized carbons (Fsp3) is 0.500. The second kappa shape index (κ2) is 4.74. The monoisotopic (exact) mass is 224 g/mol. The summed E-state index contributed by atoms with van der Waals surface area (Å²) in [6.45, 7) is 0. The Morgan fingerprint density at radius 2 is 1.73 bits per heavy atom. The first-order valence-corrected chi connectivity index (χ1v) is 7.13. The molecule has 1 nitrogen and oxygen atoms in total. The van der Waals surface area contributed by atoms with Crippen LogP contribution in [0.2, 0.25) is 0 Å². The number of carbonyl (C=O) groups excluding carboxylic acids is 1. The van der Waals surface area contributed by atoms with E-state index in [0.29, 0.717) is 0 Å². The lowest BCUT2D eigenvalue weighted by Gasteiger charge is -1.95. The Hall–Kier alpha value is 0.810. The lowest BCUT2D eigenvalue weighted by atomic mass is 10.9. The molecular formula is C6H8OS4. The average molecular weight is 224 g/mol. The van der Waals surface area contributed by atoms with Crippen molar-refractivity contribution < 1.29 is 4.79 Å². The molecule has 1 heterocycles. The first-order chi connectivity index (χ1) is 5.31. The van der Waals surface area contributed by atoms with Crippen molar-refractivity contribution in [3.05, 3.63) is 8.47 Å². The molecule has 0 unspecified atom stereocenters. The quantitative estimate of drug-likeness (QED) is 0.684. The van der Waals surface area contributed by atoms with Gasteiger partial charge in [0.15, 0.2) is 0 Å². The molecule has 0 atom stereocenters. The minimum absolute atomic E-state index is 0.0971. The largest absolute Gasteiger partial charge is 0.301 e. The Kier molecular flexibility index (Phi) is 4.27. The van der Waals surface area contributed by atoms with Crippen LogP contribution in [0.3, 0.4) is 0 Å². The maximum absolute atomic E-state index is 10.4. The maximum Gasteiger partial charge on any atom is 0.143 e. The molecular weight excluding hydrogens is 216 g/mol. The number of thioether (sulfide) groups is 4. The second-order valence-corrected chi connectivity index (χ2v) is 6.48. The topological polar surface area (TPSA) is 17.1 Å². The van der Waals surface area contributed by atoms with Crippen LogP contribution >= 0.6 is 47.0 Å². The van der Waals surface area contributed by atoms with Gasteiger partial charge in [-0.15, -0.1) is 23.5 Å². The van der Waals surface area contributed by atoms with Crippen LogP contribution in [0.15, 0.2) is 8.47 Å². The SMILES string of the molecule is CSC1=C(SC)SC(C=O)S1. The van der Waals surface area contributed by atoms with Gasteiger partial charge in [0.05, 0.1) is 8.47 Å². The van der Waals surface area contributed by atoms with Crippen molar-refractivity contribution >= 4 is 53.3 Å². The summed E-state index contributed by atoms with van der Waals surface area (Å²) >= 11 is 6.77. The fourth-order valence-electron chi connectivity index (χ4n) is 0.650. The molecule has 0 aliphatic carbocycles. The summed E-state index contributed by atoms with van der Waals surface area (Å²) in [5.41, 5.74) is 0. The minimum Gasteiger partial charge on any atom is -0.301 e. The molecule has 0 N–H and O–H groups in total. The summed E-state index contributed by atoms with van der Waals surface area (Å²) in [6, 6.07) is 0. The van der Waals surface area contributed by atoms with Gasteiger partial charge >= 0.3 is 0 Å². The van der Waals surface area contributed by atoms with Crippen molar-refractivity contribution in [2.45, 2.75) is 4.58 Å². The summed E-state index contributed by atoms with van der Waals surface area (Å²) in [4.78, 5) is 10.4. The molecule has 1 aliphatic rings. The lowest BCUT2D eigenvalue weighted by Crippen LogP contribution is -1.90. The van der Waals surface area contributed by atoms with Gasteiger partial charge in [0, 0.05) is 0 Å². The third-order valence-corrected chi connectivity index (χ3v) is 6.44. The van der Waals surface area contributed by atoms with Crippen molar-refractivity contribution in [1.82, 2.24) is 0 Å².